The lowest BCUT2D eigenvalue weighted by Crippen LogP contribution is -2.45. The van der Waals surface area contributed by atoms with Gasteiger partial charge in [-0.25, -0.2) is 9.37 Å². The number of anilines is 1. The van der Waals surface area contributed by atoms with Crippen molar-refractivity contribution in [1.29, 1.82) is 0 Å². The van der Waals surface area contributed by atoms with Crippen molar-refractivity contribution in [3.05, 3.63) is 61.4 Å². The van der Waals surface area contributed by atoms with Crippen LogP contribution in [0.2, 0.25) is 0 Å². The second-order valence-electron chi connectivity index (χ2n) is 9.36. The van der Waals surface area contributed by atoms with Gasteiger partial charge in [0.2, 0.25) is 5.36 Å². The lowest BCUT2D eigenvalue weighted by atomic mass is 9.92. The van der Waals surface area contributed by atoms with Crippen LogP contribution < -0.4 is 30.4 Å². The fraction of sp³-hybridized carbons (Fsp3) is 0.385. The van der Waals surface area contributed by atoms with Crippen LogP contribution in [0.4, 0.5) is 5.69 Å². The first-order valence-electron chi connectivity index (χ1n) is 11.5. The minimum atomic E-state index is -0.320. The highest BCUT2D eigenvalue weighted by Gasteiger charge is 2.30. The van der Waals surface area contributed by atoms with Crippen molar-refractivity contribution in [3.8, 4) is 11.5 Å². The maximum Gasteiger partial charge on any atom is 0.347 e. The number of rotatable bonds is 0. The van der Waals surface area contributed by atoms with Crippen LogP contribution >= 0.6 is 0 Å². The van der Waals surface area contributed by atoms with E-state index in [9.17, 15) is 4.79 Å². The van der Waals surface area contributed by atoms with Gasteiger partial charge in [0.25, 0.3) is 0 Å². The molecule has 0 N–H and O–H groups in total. The summed E-state index contributed by atoms with van der Waals surface area (Å²) in [6.45, 7) is 3.28. The molecule has 5 nitrogen and oxygen atoms in total. The van der Waals surface area contributed by atoms with E-state index in [0.717, 1.165) is 73.8 Å². The molecule has 4 aliphatic heterocycles. The van der Waals surface area contributed by atoms with E-state index in [1.807, 2.05) is 12.1 Å². The fourth-order valence-corrected chi connectivity index (χ4v) is 6.03. The lowest BCUT2D eigenvalue weighted by molar-refractivity contribution is 0.435. The molecule has 0 aliphatic carbocycles. The molecule has 31 heavy (non-hydrogen) atoms. The molecule has 0 bridgehead atoms. The Balaban J connectivity index is 1.53. The Bertz CT molecular complexity index is 1480. The Morgan fingerprint density at radius 1 is 0.968 bits per heavy atom. The minimum absolute atomic E-state index is 0.320. The smallest absolute Gasteiger partial charge is 0.347 e. The molecule has 3 aromatic rings. The van der Waals surface area contributed by atoms with Crippen LogP contribution in [-0.4, -0.2) is 26.7 Å². The van der Waals surface area contributed by atoms with Gasteiger partial charge in [-0.3, -0.25) is 0 Å². The summed E-state index contributed by atoms with van der Waals surface area (Å²) < 4.78 is 14.9. The standard InChI is InChI=1S/C26H25N2O3/c1-27-8-2-5-15-12-19-22(14-21(15)27)30-26(29)20-13-17-11-16-6-3-9-28-10-4-7-18(23(16)28)24(17)31-25(19)20/h11-14H,2-10H2,1H3/q+1. The Hall–Kier alpha value is -3.08. The second-order valence-corrected chi connectivity index (χ2v) is 9.36. The van der Waals surface area contributed by atoms with Gasteiger partial charge in [-0.1, -0.05) is 0 Å². The zero-order valence-electron chi connectivity index (χ0n) is 17.8. The third-order valence-electron chi connectivity index (χ3n) is 7.45. The van der Waals surface area contributed by atoms with Crippen molar-refractivity contribution in [1.82, 2.24) is 4.58 Å². The summed E-state index contributed by atoms with van der Waals surface area (Å²) in [6, 6.07) is 6.43. The normalized spacial score (nSPS) is 18.5. The highest BCUT2D eigenvalue weighted by molar-refractivity contribution is 5.91. The molecule has 0 saturated carbocycles. The Morgan fingerprint density at radius 3 is 2.71 bits per heavy atom. The summed E-state index contributed by atoms with van der Waals surface area (Å²) in [7, 11) is 2.10. The van der Waals surface area contributed by atoms with Crippen LogP contribution in [0.1, 0.15) is 41.5 Å². The van der Waals surface area contributed by atoms with E-state index in [4.69, 9.17) is 9.15 Å². The molecule has 0 fully saturated rings. The van der Waals surface area contributed by atoms with Crippen molar-refractivity contribution >= 4 is 22.7 Å². The largest absolute Gasteiger partial charge is 0.454 e. The maximum absolute atomic E-state index is 12.9. The van der Waals surface area contributed by atoms with Crippen LogP contribution in [0.3, 0.4) is 0 Å². The third-order valence-corrected chi connectivity index (χ3v) is 7.45. The van der Waals surface area contributed by atoms with Crippen LogP contribution in [0, 0.1) is 0 Å². The average Bonchev–Trinajstić information content (AvgIpc) is 2.78. The van der Waals surface area contributed by atoms with Gasteiger partial charge in [-0.15, -0.1) is 0 Å². The van der Waals surface area contributed by atoms with E-state index in [1.54, 1.807) is 0 Å². The van der Waals surface area contributed by atoms with Crippen molar-refractivity contribution < 1.29 is 9.15 Å². The molecule has 0 atom stereocenters. The van der Waals surface area contributed by atoms with E-state index in [2.05, 4.69) is 28.7 Å². The number of ether oxygens (including phenoxy) is 1. The second kappa shape index (κ2) is 6.22. The van der Waals surface area contributed by atoms with Gasteiger partial charge in [-0.2, -0.15) is 0 Å². The average molecular weight is 413 g/mol. The first-order chi connectivity index (χ1) is 15.2. The van der Waals surface area contributed by atoms with Crippen molar-refractivity contribution in [2.75, 3.05) is 31.6 Å². The molecule has 0 saturated heterocycles. The summed E-state index contributed by atoms with van der Waals surface area (Å²) in [4.78, 5) is 15.2. The van der Waals surface area contributed by atoms with Crippen molar-refractivity contribution in [3.63, 3.8) is 0 Å². The molecule has 2 aromatic carbocycles. The Labute approximate surface area is 179 Å². The van der Waals surface area contributed by atoms with E-state index in [-0.39, 0.29) is 5.63 Å². The predicted molar refractivity (Wildman–Crippen MR) is 121 cm³/mol. The quantitative estimate of drug-likeness (QED) is 0.328. The maximum atomic E-state index is 12.9. The van der Waals surface area contributed by atoms with Crippen LogP contribution in [-0.2, 0) is 19.3 Å². The third kappa shape index (κ3) is 2.43. The SMILES string of the molecule is CN1CCCc2cc3c4c(c(=O)oc3cc21)C=c1cc2c3c(c1O4)CCC[N+]=3CCC2. The van der Waals surface area contributed by atoms with Crippen LogP contribution in [0.15, 0.2) is 27.4 Å². The zero-order valence-corrected chi connectivity index (χ0v) is 17.8. The number of hydrogen-bond acceptors (Lipinski definition) is 4. The first-order valence-corrected chi connectivity index (χ1v) is 11.5. The number of benzene rings is 2. The highest BCUT2D eigenvalue weighted by atomic mass is 16.5. The number of hydrogen-bond donors (Lipinski definition) is 0. The van der Waals surface area contributed by atoms with Crippen molar-refractivity contribution in [2.45, 2.75) is 38.5 Å². The van der Waals surface area contributed by atoms with E-state index in [0.29, 0.717) is 16.9 Å². The monoisotopic (exact) mass is 413 g/mol. The topological polar surface area (TPSA) is 45.7 Å². The van der Waals surface area contributed by atoms with Gasteiger partial charge in [-0.05, 0) is 49.5 Å². The minimum Gasteiger partial charge on any atom is -0.454 e. The van der Waals surface area contributed by atoms with E-state index < -0.39 is 0 Å². The first kappa shape index (κ1) is 17.6. The summed E-state index contributed by atoms with van der Waals surface area (Å²) in [5, 5.41) is 3.32. The van der Waals surface area contributed by atoms with Gasteiger partial charge >= 0.3 is 5.63 Å². The van der Waals surface area contributed by atoms with Gasteiger partial charge in [0.15, 0.2) is 5.75 Å². The van der Waals surface area contributed by atoms with Gasteiger partial charge < -0.3 is 14.1 Å². The molecule has 0 radical (unpaired) electrons. The molecular formula is C26H25N2O3+. The van der Waals surface area contributed by atoms with Gasteiger partial charge in [0.1, 0.15) is 30.0 Å². The van der Waals surface area contributed by atoms with Crippen LogP contribution in [0.5, 0.6) is 11.5 Å². The Morgan fingerprint density at radius 2 is 1.81 bits per heavy atom. The number of aryl methyl sites for hydroxylation is 2. The summed E-state index contributed by atoms with van der Waals surface area (Å²) >= 11 is 0. The highest BCUT2D eigenvalue weighted by Crippen LogP contribution is 2.39. The molecule has 5 heterocycles. The molecular weight excluding hydrogens is 388 g/mol. The molecule has 156 valence electrons. The van der Waals surface area contributed by atoms with Crippen LogP contribution in [0.25, 0.3) is 17.0 Å². The fourth-order valence-electron chi connectivity index (χ4n) is 6.03. The van der Waals surface area contributed by atoms with Gasteiger partial charge in [0.05, 0.1) is 10.9 Å². The molecule has 1 aromatic heterocycles. The van der Waals surface area contributed by atoms with E-state index in [1.165, 1.54) is 28.5 Å². The predicted octanol–water partition coefficient (Wildman–Crippen LogP) is 2.49. The molecule has 0 unspecified atom stereocenters. The summed E-state index contributed by atoms with van der Waals surface area (Å²) in [5.74, 6) is 1.61. The lowest BCUT2D eigenvalue weighted by Gasteiger charge is -2.28. The Kier molecular flexibility index (Phi) is 3.53. The van der Waals surface area contributed by atoms with Crippen molar-refractivity contribution in [2.24, 2.45) is 0 Å². The zero-order chi connectivity index (χ0) is 20.7. The van der Waals surface area contributed by atoms with E-state index >= 15 is 0 Å². The summed E-state index contributed by atoms with van der Waals surface area (Å²) in [6.07, 6.45) is 8.64. The van der Waals surface area contributed by atoms with Gasteiger partial charge in [0, 0.05) is 49.0 Å². The molecule has 0 amide bonds. The summed E-state index contributed by atoms with van der Waals surface area (Å²) in [5.41, 5.74) is 6.00. The molecule has 0 spiro atoms. The molecule has 5 heteroatoms. The molecule has 4 aliphatic rings. The number of fused-ring (bicyclic) bond motifs is 6. The molecule has 7 rings (SSSR count). The number of nitrogens with zero attached hydrogens (tertiary/aromatic N) is 2.